The van der Waals surface area contributed by atoms with Gasteiger partial charge in [-0.25, -0.2) is 0 Å². The van der Waals surface area contributed by atoms with Crippen LogP contribution in [-0.2, 0) is 11.3 Å². The third kappa shape index (κ3) is 5.18. The number of amides is 1. The summed E-state index contributed by atoms with van der Waals surface area (Å²) in [6, 6.07) is 21.5. The molecule has 0 radical (unpaired) electrons. The van der Waals surface area contributed by atoms with E-state index in [2.05, 4.69) is 15.2 Å². The SMILES string of the molecule is O=C(CN(Cc1cccnc1)C1CC1)Nc1ccc(Oc2ccccc2)cc1. The number of pyridine rings is 1. The zero-order valence-electron chi connectivity index (χ0n) is 15.6. The number of para-hydroxylation sites is 1. The summed E-state index contributed by atoms with van der Waals surface area (Å²) >= 11 is 0. The fraction of sp³-hybridized carbons (Fsp3) is 0.217. The number of rotatable bonds is 8. The molecule has 0 unspecified atom stereocenters. The van der Waals surface area contributed by atoms with Crippen LogP contribution in [0, 0.1) is 0 Å². The van der Waals surface area contributed by atoms with E-state index in [0.29, 0.717) is 12.6 Å². The van der Waals surface area contributed by atoms with Crippen molar-refractivity contribution >= 4 is 11.6 Å². The maximum absolute atomic E-state index is 12.5. The molecule has 28 heavy (non-hydrogen) atoms. The summed E-state index contributed by atoms with van der Waals surface area (Å²) in [5.74, 6) is 1.52. The highest BCUT2D eigenvalue weighted by atomic mass is 16.5. The zero-order valence-corrected chi connectivity index (χ0v) is 15.6. The standard InChI is InChI=1S/C23H23N3O2/c27-23(17-26(20-10-11-20)16-18-5-4-14-24-15-18)25-19-8-12-22(13-9-19)28-21-6-2-1-3-7-21/h1-9,12-15,20H,10-11,16-17H2,(H,25,27). The molecule has 4 rings (SSSR count). The van der Waals surface area contributed by atoms with Crippen molar-refractivity contribution in [2.24, 2.45) is 0 Å². The molecule has 5 nitrogen and oxygen atoms in total. The topological polar surface area (TPSA) is 54.5 Å². The first kappa shape index (κ1) is 18.2. The average Bonchev–Trinajstić information content (AvgIpc) is 3.56. The quantitative estimate of drug-likeness (QED) is 0.633. The van der Waals surface area contributed by atoms with Crippen LogP contribution < -0.4 is 10.1 Å². The van der Waals surface area contributed by atoms with Crippen LogP contribution >= 0.6 is 0 Å². The van der Waals surface area contributed by atoms with Crippen LogP contribution in [0.5, 0.6) is 11.5 Å². The van der Waals surface area contributed by atoms with Crippen LogP contribution in [0.3, 0.4) is 0 Å². The molecule has 142 valence electrons. The molecule has 3 aromatic rings. The Morgan fingerprint density at radius 1 is 1.00 bits per heavy atom. The van der Waals surface area contributed by atoms with E-state index in [1.165, 1.54) is 0 Å². The van der Waals surface area contributed by atoms with Gasteiger partial charge in [0.25, 0.3) is 0 Å². The summed E-state index contributed by atoms with van der Waals surface area (Å²) < 4.78 is 5.78. The Bertz CT molecular complexity index is 894. The summed E-state index contributed by atoms with van der Waals surface area (Å²) in [5, 5.41) is 2.98. The van der Waals surface area contributed by atoms with Crippen LogP contribution in [0.1, 0.15) is 18.4 Å². The lowest BCUT2D eigenvalue weighted by Crippen LogP contribution is -2.34. The number of carbonyl (C=O) groups excluding carboxylic acids is 1. The van der Waals surface area contributed by atoms with Crippen molar-refractivity contribution in [1.82, 2.24) is 9.88 Å². The Kier molecular flexibility index (Phi) is 5.64. The van der Waals surface area contributed by atoms with Crippen molar-refractivity contribution in [2.75, 3.05) is 11.9 Å². The Morgan fingerprint density at radius 3 is 2.43 bits per heavy atom. The molecule has 1 amide bonds. The van der Waals surface area contributed by atoms with Gasteiger partial charge in [-0.1, -0.05) is 24.3 Å². The van der Waals surface area contributed by atoms with E-state index in [9.17, 15) is 4.79 Å². The van der Waals surface area contributed by atoms with Gasteiger partial charge in [-0.15, -0.1) is 0 Å². The molecule has 1 heterocycles. The number of hydrogen-bond acceptors (Lipinski definition) is 4. The molecule has 1 aliphatic rings. The second kappa shape index (κ2) is 8.67. The van der Waals surface area contributed by atoms with Crippen LogP contribution in [0.4, 0.5) is 5.69 Å². The van der Waals surface area contributed by atoms with Crippen LogP contribution in [-0.4, -0.2) is 28.4 Å². The van der Waals surface area contributed by atoms with E-state index < -0.39 is 0 Å². The van der Waals surface area contributed by atoms with Gasteiger partial charge in [0.1, 0.15) is 11.5 Å². The number of nitrogens with zero attached hydrogens (tertiary/aromatic N) is 2. The zero-order chi connectivity index (χ0) is 19.2. The first-order chi connectivity index (χ1) is 13.8. The van der Waals surface area contributed by atoms with Gasteiger partial charge in [-0.05, 0) is 60.9 Å². The van der Waals surface area contributed by atoms with Gasteiger partial charge in [-0.2, -0.15) is 0 Å². The molecule has 0 aliphatic heterocycles. The third-order valence-electron chi connectivity index (χ3n) is 4.64. The molecule has 0 atom stereocenters. The summed E-state index contributed by atoms with van der Waals surface area (Å²) in [7, 11) is 0. The summed E-state index contributed by atoms with van der Waals surface area (Å²) in [6.07, 6.45) is 5.93. The first-order valence-electron chi connectivity index (χ1n) is 9.52. The normalized spacial score (nSPS) is 13.3. The van der Waals surface area contributed by atoms with Crippen molar-refractivity contribution in [1.29, 1.82) is 0 Å². The summed E-state index contributed by atoms with van der Waals surface area (Å²) in [4.78, 5) is 18.9. The number of nitrogens with one attached hydrogen (secondary N) is 1. The monoisotopic (exact) mass is 373 g/mol. The third-order valence-corrected chi connectivity index (χ3v) is 4.64. The Balaban J connectivity index is 1.32. The number of benzene rings is 2. The molecule has 0 spiro atoms. The predicted molar refractivity (Wildman–Crippen MR) is 109 cm³/mol. The lowest BCUT2D eigenvalue weighted by Gasteiger charge is -2.21. The van der Waals surface area contributed by atoms with E-state index in [4.69, 9.17) is 4.74 Å². The summed E-state index contributed by atoms with van der Waals surface area (Å²) in [5.41, 5.74) is 1.90. The molecule has 1 saturated carbocycles. The molecular formula is C23H23N3O2. The average molecular weight is 373 g/mol. The molecule has 1 aliphatic carbocycles. The number of aromatic nitrogens is 1. The van der Waals surface area contributed by atoms with Crippen LogP contribution in [0.25, 0.3) is 0 Å². The molecule has 2 aromatic carbocycles. The van der Waals surface area contributed by atoms with E-state index in [0.717, 1.165) is 42.1 Å². The van der Waals surface area contributed by atoms with Gasteiger partial charge < -0.3 is 10.1 Å². The largest absolute Gasteiger partial charge is 0.457 e. The predicted octanol–water partition coefficient (Wildman–Crippen LogP) is 4.48. The highest BCUT2D eigenvalue weighted by Gasteiger charge is 2.30. The molecule has 0 bridgehead atoms. The minimum atomic E-state index is -0.00693. The van der Waals surface area contributed by atoms with Crippen molar-refractivity contribution < 1.29 is 9.53 Å². The number of ether oxygens (including phenoxy) is 1. The van der Waals surface area contributed by atoms with Gasteiger partial charge in [0.15, 0.2) is 0 Å². The lowest BCUT2D eigenvalue weighted by molar-refractivity contribution is -0.117. The van der Waals surface area contributed by atoms with Crippen molar-refractivity contribution in [2.45, 2.75) is 25.4 Å². The van der Waals surface area contributed by atoms with Gasteiger partial charge in [-0.3, -0.25) is 14.7 Å². The Labute approximate surface area is 165 Å². The van der Waals surface area contributed by atoms with E-state index in [-0.39, 0.29) is 5.91 Å². The smallest absolute Gasteiger partial charge is 0.238 e. The number of anilines is 1. The minimum absolute atomic E-state index is 0.00693. The molecule has 5 heteroatoms. The Hall–Kier alpha value is -3.18. The fourth-order valence-electron chi connectivity index (χ4n) is 3.10. The van der Waals surface area contributed by atoms with Crippen molar-refractivity contribution in [3.05, 3.63) is 84.7 Å². The van der Waals surface area contributed by atoms with Gasteiger partial charge in [0.2, 0.25) is 5.91 Å². The van der Waals surface area contributed by atoms with Gasteiger partial charge in [0.05, 0.1) is 6.54 Å². The van der Waals surface area contributed by atoms with Crippen LogP contribution in [0.15, 0.2) is 79.1 Å². The van der Waals surface area contributed by atoms with E-state index >= 15 is 0 Å². The second-order valence-corrected chi connectivity index (χ2v) is 6.99. The van der Waals surface area contributed by atoms with E-state index in [1.807, 2.05) is 72.9 Å². The van der Waals surface area contributed by atoms with Crippen molar-refractivity contribution in [3.8, 4) is 11.5 Å². The first-order valence-corrected chi connectivity index (χ1v) is 9.52. The van der Waals surface area contributed by atoms with Gasteiger partial charge >= 0.3 is 0 Å². The van der Waals surface area contributed by atoms with E-state index in [1.54, 1.807) is 6.20 Å². The maximum atomic E-state index is 12.5. The number of carbonyl (C=O) groups is 1. The fourth-order valence-corrected chi connectivity index (χ4v) is 3.10. The highest BCUT2D eigenvalue weighted by Crippen LogP contribution is 2.28. The molecule has 1 N–H and O–H groups in total. The molecule has 1 fully saturated rings. The van der Waals surface area contributed by atoms with Crippen molar-refractivity contribution in [3.63, 3.8) is 0 Å². The molecular weight excluding hydrogens is 350 g/mol. The van der Waals surface area contributed by atoms with Gasteiger partial charge in [0, 0.05) is 30.7 Å². The maximum Gasteiger partial charge on any atom is 0.238 e. The van der Waals surface area contributed by atoms with Crippen LogP contribution in [0.2, 0.25) is 0 Å². The summed E-state index contributed by atoms with van der Waals surface area (Å²) in [6.45, 7) is 1.12. The molecule has 1 aromatic heterocycles. The lowest BCUT2D eigenvalue weighted by atomic mass is 10.2. The molecule has 0 saturated heterocycles. The second-order valence-electron chi connectivity index (χ2n) is 6.99. The Morgan fingerprint density at radius 2 is 1.75 bits per heavy atom. The number of hydrogen-bond donors (Lipinski definition) is 1. The highest BCUT2D eigenvalue weighted by molar-refractivity contribution is 5.92. The minimum Gasteiger partial charge on any atom is -0.457 e.